The molecule has 5 aromatic rings. The summed E-state index contributed by atoms with van der Waals surface area (Å²) < 4.78 is 0. The zero-order valence-corrected chi connectivity index (χ0v) is 22.9. The summed E-state index contributed by atoms with van der Waals surface area (Å²) in [6.45, 7) is 4.42. The van der Waals surface area contributed by atoms with Gasteiger partial charge in [0.25, 0.3) is 0 Å². The third-order valence-electron chi connectivity index (χ3n) is 6.71. The van der Waals surface area contributed by atoms with Gasteiger partial charge in [0.15, 0.2) is 0 Å². The van der Waals surface area contributed by atoms with Gasteiger partial charge in [-0.15, -0.1) is 0 Å². The molecule has 0 heterocycles. The average molecular weight is 513 g/mol. The number of rotatable bonds is 9. The van der Waals surface area contributed by atoms with Crippen molar-refractivity contribution in [3.8, 4) is 0 Å². The molecule has 0 saturated heterocycles. The first-order valence-corrected chi connectivity index (χ1v) is 14.6. The molecule has 0 radical (unpaired) electrons. The van der Waals surface area contributed by atoms with E-state index in [1.807, 2.05) is 6.21 Å². The van der Waals surface area contributed by atoms with Crippen molar-refractivity contribution in [2.24, 2.45) is 4.99 Å². The van der Waals surface area contributed by atoms with Crippen LogP contribution in [0.15, 0.2) is 132 Å². The molecule has 0 bridgehead atoms. The number of anilines is 2. The van der Waals surface area contributed by atoms with Crippen molar-refractivity contribution in [3.63, 3.8) is 0 Å². The molecule has 0 fully saturated rings. The summed E-state index contributed by atoms with van der Waals surface area (Å²) in [7, 11) is -0.737. The van der Waals surface area contributed by atoms with Gasteiger partial charge in [-0.25, -0.2) is 0 Å². The predicted octanol–water partition coefficient (Wildman–Crippen LogP) is 8.06. The normalized spacial score (nSPS) is 11.2. The van der Waals surface area contributed by atoms with Crippen molar-refractivity contribution in [1.29, 1.82) is 0 Å². The van der Waals surface area contributed by atoms with Gasteiger partial charge in [-0.3, -0.25) is 4.99 Å². The van der Waals surface area contributed by atoms with E-state index in [4.69, 9.17) is 4.99 Å². The number of benzene rings is 5. The first kappa shape index (κ1) is 25.6. The van der Waals surface area contributed by atoms with Crippen molar-refractivity contribution in [1.82, 2.24) is 0 Å². The summed E-state index contributed by atoms with van der Waals surface area (Å²) in [5.74, 6) is 0. The van der Waals surface area contributed by atoms with E-state index in [1.165, 1.54) is 32.7 Å². The Labute approximate surface area is 227 Å². The lowest BCUT2D eigenvalue weighted by molar-refractivity contribution is 1.09. The summed E-state index contributed by atoms with van der Waals surface area (Å²) in [6.07, 6.45) is 3.98. The van der Waals surface area contributed by atoms with Crippen LogP contribution in [0.4, 0.5) is 17.1 Å². The molecule has 188 valence electrons. The van der Waals surface area contributed by atoms with Crippen molar-refractivity contribution >= 4 is 47.1 Å². The first-order chi connectivity index (χ1) is 18.8. The lowest BCUT2D eigenvalue weighted by Gasteiger charge is -2.21. The van der Waals surface area contributed by atoms with Crippen LogP contribution in [0.1, 0.15) is 30.5 Å². The Morgan fingerprint density at radius 3 is 1.79 bits per heavy atom. The zero-order chi connectivity index (χ0) is 26.2. The van der Waals surface area contributed by atoms with Crippen LogP contribution in [0.25, 0.3) is 0 Å². The Kier molecular flexibility index (Phi) is 8.43. The number of nitrogens with zero attached hydrogens (tertiary/aromatic N) is 1. The van der Waals surface area contributed by atoms with Crippen LogP contribution in [-0.2, 0) is 12.8 Å². The van der Waals surface area contributed by atoms with Crippen LogP contribution in [0, 0.1) is 0 Å². The minimum Gasteiger partial charge on any atom is -0.355 e. The molecule has 0 aromatic heterocycles. The van der Waals surface area contributed by atoms with Crippen molar-refractivity contribution in [2.75, 3.05) is 5.32 Å². The molecule has 0 amide bonds. The zero-order valence-electron chi connectivity index (χ0n) is 22.0. The van der Waals surface area contributed by atoms with E-state index in [0.29, 0.717) is 0 Å². The Morgan fingerprint density at radius 1 is 0.605 bits per heavy atom. The molecule has 0 atom stereocenters. The molecule has 0 aliphatic rings. The van der Waals surface area contributed by atoms with Crippen molar-refractivity contribution in [2.45, 2.75) is 26.7 Å². The molecule has 2 nitrogen and oxygen atoms in total. The molecule has 38 heavy (non-hydrogen) atoms. The molecule has 0 aliphatic carbocycles. The van der Waals surface area contributed by atoms with Crippen LogP contribution < -0.4 is 21.2 Å². The Hall–Kier alpha value is -4.00. The van der Waals surface area contributed by atoms with Crippen LogP contribution in [0.2, 0.25) is 0 Å². The van der Waals surface area contributed by atoms with Gasteiger partial charge in [0.1, 0.15) is 0 Å². The van der Waals surface area contributed by atoms with E-state index in [0.717, 1.165) is 29.8 Å². The molecule has 3 heteroatoms. The number of aliphatic imine (C=N–C) groups is 1. The van der Waals surface area contributed by atoms with E-state index in [2.05, 4.69) is 147 Å². The smallest absolute Gasteiger partial charge is 0.0713 e. The second-order valence-electron chi connectivity index (χ2n) is 9.12. The maximum Gasteiger partial charge on any atom is 0.0713 e. The van der Waals surface area contributed by atoms with E-state index >= 15 is 0 Å². The predicted molar refractivity (Wildman–Crippen MR) is 167 cm³/mol. The molecule has 0 aliphatic heterocycles. The summed E-state index contributed by atoms with van der Waals surface area (Å²) in [5, 5.41) is 7.65. The highest BCUT2D eigenvalue weighted by Crippen LogP contribution is 2.36. The summed E-state index contributed by atoms with van der Waals surface area (Å²) in [4.78, 5) is 5.09. The quantitative estimate of drug-likeness (QED) is 0.157. The number of para-hydroxylation sites is 3. The highest BCUT2D eigenvalue weighted by atomic mass is 31.1. The van der Waals surface area contributed by atoms with Gasteiger partial charge in [-0.05, 0) is 54.6 Å². The second kappa shape index (κ2) is 12.5. The lowest BCUT2D eigenvalue weighted by Crippen LogP contribution is -2.20. The molecule has 0 unspecified atom stereocenters. The highest BCUT2D eigenvalue weighted by molar-refractivity contribution is 7.80. The summed E-state index contributed by atoms with van der Waals surface area (Å²) >= 11 is 0. The van der Waals surface area contributed by atoms with Crippen molar-refractivity contribution < 1.29 is 0 Å². The highest BCUT2D eigenvalue weighted by Gasteiger charge is 2.19. The molecule has 5 rings (SSSR count). The van der Waals surface area contributed by atoms with Crippen LogP contribution in [0.3, 0.4) is 0 Å². The van der Waals surface area contributed by atoms with Crippen LogP contribution in [-0.4, -0.2) is 6.21 Å². The van der Waals surface area contributed by atoms with E-state index in [1.54, 1.807) is 0 Å². The fraction of sp³-hybridized carbons (Fsp3) is 0.114. The third kappa shape index (κ3) is 5.77. The fourth-order valence-corrected chi connectivity index (χ4v) is 7.14. The van der Waals surface area contributed by atoms with E-state index in [9.17, 15) is 0 Å². The van der Waals surface area contributed by atoms with E-state index < -0.39 is 7.92 Å². The molecule has 5 aromatic carbocycles. The largest absolute Gasteiger partial charge is 0.355 e. The maximum absolute atomic E-state index is 5.09. The summed E-state index contributed by atoms with van der Waals surface area (Å²) in [6, 6.07) is 45.2. The molecule has 1 N–H and O–H groups in total. The Morgan fingerprint density at radius 2 is 1.16 bits per heavy atom. The van der Waals surface area contributed by atoms with Gasteiger partial charge in [0, 0.05) is 28.5 Å². The SMILES string of the molecule is CCc1cccc(CC)c1Nc1ccccc1C=Nc1ccccc1P(c1ccccc1)c1ccccc1. The maximum atomic E-state index is 5.09. The molecule has 0 spiro atoms. The van der Waals surface area contributed by atoms with Gasteiger partial charge < -0.3 is 5.32 Å². The van der Waals surface area contributed by atoms with Crippen LogP contribution >= 0.6 is 7.92 Å². The van der Waals surface area contributed by atoms with Crippen molar-refractivity contribution in [3.05, 3.63) is 144 Å². The number of hydrogen-bond donors (Lipinski definition) is 1. The Bertz CT molecular complexity index is 1450. The van der Waals surface area contributed by atoms with Crippen LogP contribution in [0.5, 0.6) is 0 Å². The molecule has 0 saturated carbocycles. The molecular formula is C35H33N2P. The fourth-order valence-electron chi connectivity index (χ4n) is 4.74. The molecular weight excluding hydrogens is 479 g/mol. The van der Waals surface area contributed by atoms with E-state index in [-0.39, 0.29) is 0 Å². The van der Waals surface area contributed by atoms with Gasteiger partial charge in [-0.2, -0.15) is 0 Å². The summed E-state index contributed by atoms with van der Waals surface area (Å²) in [5.41, 5.74) is 7.02. The van der Waals surface area contributed by atoms with Gasteiger partial charge >= 0.3 is 0 Å². The average Bonchev–Trinajstić information content (AvgIpc) is 2.98. The van der Waals surface area contributed by atoms with Gasteiger partial charge in [-0.1, -0.05) is 129 Å². The standard InChI is InChI=1S/C35H33N2P/c1-3-27-17-15-18-28(4-2)35(27)37-32-23-12-11-16-29(32)26-36-33-24-13-14-25-34(33)38(30-19-7-5-8-20-30)31-21-9-6-10-22-31/h5-26,37H,3-4H2,1-2H3. The monoisotopic (exact) mass is 512 g/mol. The first-order valence-electron chi connectivity index (χ1n) is 13.3. The van der Waals surface area contributed by atoms with Gasteiger partial charge in [0.2, 0.25) is 0 Å². The number of nitrogens with one attached hydrogen (secondary N) is 1. The number of aryl methyl sites for hydroxylation is 2. The third-order valence-corrected chi connectivity index (χ3v) is 9.20. The topological polar surface area (TPSA) is 24.4 Å². The number of hydrogen-bond acceptors (Lipinski definition) is 2. The lowest BCUT2D eigenvalue weighted by atomic mass is 10.0. The minimum absolute atomic E-state index is 0.737. The van der Waals surface area contributed by atoms with Gasteiger partial charge in [0.05, 0.1) is 5.69 Å². The Balaban J connectivity index is 1.53. The second-order valence-corrected chi connectivity index (χ2v) is 11.3. The minimum atomic E-state index is -0.737.